The second kappa shape index (κ2) is 9.95. The normalized spacial score (nSPS) is 14.9. The standard InChI is InChI=1S/C22H28N2O5S/c1-3-28-19-11-7-6-10-18(19)22(25)23-17-12-13-20(29-4-2)21(16-17)30(26,27)24-14-8-5-9-15-24/h6-7,10-13,16H,3-5,8-9,14-15H2,1-2H3,(H,23,25). The van der Waals surface area contributed by atoms with Gasteiger partial charge in [-0.25, -0.2) is 8.42 Å². The van der Waals surface area contributed by atoms with E-state index in [0.717, 1.165) is 19.3 Å². The minimum absolute atomic E-state index is 0.0714. The summed E-state index contributed by atoms with van der Waals surface area (Å²) < 4.78 is 39.1. The van der Waals surface area contributed by atoms with Crippen LogP contribution in [0.25, 0.3) is 0 Å². The van der Waals surface area contributed by atoms with Crippen LogP contribution in [0.4, 0.5) is 5.69 Å². The molecule has 3 rings (SSSR count). The summed E-state index contributed by atoms with van der Waals surface area (Å²) in [7, 11) is -3.72. The van der Waals surface area contributed by atoms with E-state index < -0.39 is 10.0 Å². The van der Waals surface area contributed by atoms with E-state index in [2.05, 4.69) is 5.32 Å². The molecular weight excluding hydrogens is 404 g/mol. The molecule has 0 bridgehead atoms. The number of nitrogens with zero attached hydrogens (tertiary/aromatic N) is 1. The SMILES string of the molecule is CCOc1ccccc1C(=O)Nc1ccc(OCC)c(S(=O)(=O)N2CCCCC2)c1. The van der Waals surface area contributed by atoms with Crippen LogP contribution in [0.3, 0.4) is 0 Å². The number of benzene rings is 2. The fourth-order valence-corrected chi connectivity index (χ4v) is 5.11. The van der Waals surface area contributed by atoms with Crippen molar-refractivity contribution in [3.8, 4) is 11.5 Å². The minimum Gasteiger partial charge on any atom is -0.493 e. The third-order valence-electron chi connectivity index (χ3n) is 4.87. The Labute approximate surface area is 178 Å². The van der Waals surface area contributed by atoms with Gasteiger partial charge in [0.25, 0.3) is 5.91 Å². The Balaban J connectivity index is 1.92. The molecule has 162 valence electrons. The zero-order valence-electron chi connectivity index (χ0n) is 17.4. The number of anilines is 1. The van der Waals surface area contributed by atoms with Crippen LogP contribution in [0.15, 0.2) is 47.4 Å². The Hall–Kier alpha value is -2.58. The maximum atomic E-state index is 13.2. The van der Waals surface area contributed by atoms with E-state index in [1.807, 2.05) is 6.92 Å². The molecule has 1 heterocycles. The Morgan fingerprint density at radius 3 is 2.33 bits per heavy atom. The number of ether oxygens (including phenoxy) is 2. The Morgan fingerprint density at radius 2 is 1.63 bits per heavy atom. The van der Waals surface area contributed by atoms with E-state index in [1.54, 1.807) is 43.3 Å². The number of hydrogen-bond donors (Lipinski definition) is 1. The predicted octanol–water partition coefficient (Wildman–Crippen LogP) is 3.91. The van der Waals surface area contributed by atoms with Gasteiger partial charge in [0.15, 0.2) is 0 Å². The van der Waals surface area contributed by atoms with Crippen molar-refractivity contribution >= 4 is 21.6 Å². The summed E-state index contributed by atoms with van der Waals surface area (Å²) >= 11 is 0. The number of rotatable bonds is 8. The molecule has 1 aliphatic heterocycles. The van der Waals surface area contributed by atoms with Crippen LogP contribution in [0.5, 0.6) is 11.5 Å². The first-order valence-corrected chi connectivity index (χ1v) is 11.7. The van der Waals surface area contributed by atoms with Crippen LogP contribution in [-0.2, 0) is 10.0 Å². The third-order valence-corrected chi connectivity index (χ3v) is 6.79. The second-order valence-electron chi connectivity index (χ2n) is 6.94. The topological polar surface area (TPSA) is 84.9 Å². The first kappa shape index (κ1) is 22.1. The molecule has 1 aliphatic rings. The first-order valence-electron chi connectivity index (χ1n) is 10.3. The average Bonchev–Trinajstić information content (AvgIpc) is 2.76. The van der Waals surface area contributed by atoms with Gasteiger partial charge in [-0.3, -0.25) is 4.79 Å². The highest BCUT2D eigenvalue weighted by Gasteiger charge is 2.29. The molecule has 2 aromatic carbocycles. The number of amides is 1. The van der Waals surface area contributed by atoms with Crippen molar-refractivity contribution in [3.05, 3.63) is 48.0 Å². The maximum Gasteiger partial charge on any atom is 0.259 e. The van der Waals surface area contributed by atoms with Crippen LogP contribution < -0.4 is 14.8 Å². The molecule has 0 atom stereocenters. The summed E-state index contributed by atoms with van der Waals surface area (Å²) in [6.45, 7) is 5.41. The molecular formula is C22H28N2O5S. The Bertz CT molecular complexity index is 985. The number of para-hydroxylation sites is 1. The number of nitrogens with one attached hydrogen (secondary N) is 1. The molecule has 0 spiro atoms. The highest BCUT2D eigenvalue weighted by Crippen LogP contribution is 2.32. The Kier molecular flexibility index (Phi) is 7.33. The van der Waals surface area contributed by atoms with E-state index in [0.29, 0.717) is 43.3 Å². The molecule has 7 nitrogen and oxygen atoms in total. The average molecular weight is 433 g/mol. The van der Waals surface area contributed by atoms with E-state index in [4.69, 9.17) is 9.47 Å². The molecule has 8 heteroatoms. The summed E-state index contributed by atoms with van der Waals surface area (Å²) in [6, 6.07) is 11.6. The molecule has 0 aliphatic carbocycles. The highest BCUT2D eigenvalue weighted by atomic mass is 32.2. The second-order valence-corrected chi connectivity index (χ2v) is 8.85. The van der Waals surface area contributed by atoms with E-state index >= 15 is 0 Å². The van der Waals surface area contributed by atoms with E-state index in [-0.39, 0.29) is 16.6 Å². The van der Waals surface area contributed by atoms with Crippen molar-refractivity contribution < 1.29 is 22.7 Å². The van der Waals surface area contributed by atoms with Crippen molar-refractivity contribution in [2.45, 2.75) is 38.0 Å². The molecule has 2 aromatic rings. The number of carbonyl (C=O) groups is 1. The molecule has 0 unspecified atom stereocenters. The van der Waals surface area contributed by atoms with Gasteiger partial charge < -0.3 is 14.8 Å². The van der Waals surface area contributed by atoms with Crippen molar-refractivity contribution in [1.82, 2.24) is 4.31 Å². The van der Waals surface area contributed by atoms with Crippen molar-refractivity contribution in [2.24, 2.45) is 0 Å². The quantitative estimate of drug-likeness (QED) is 0.684. The Morgan fingerprint density at radius 1 is 0.967 bits per heavy atom. The van der Waals surface area contributed by atoms with Gasteiger partial charge in [0.05, 0.1) is 18.8 Å². The van der Waals surface area contributed by atoms with Crippen LogP contribution in [0.1, 0.15) is 43.5 Å². The van der Waals surface area contributed by atoms with Crippen molar-refractivity contribution in [1.29, 1.82) is 0 Å². The lowest BCUT2D eigenvalue weighted by Crippen LogP contribution is -2.35. The third kappa shape index (κ3) is 4.94. The minimum atomic E-state index is -3.72. The summed E-state index contributed by atoms with van der Waals surface area (Å²) in [5.41, 5.74) is 0.763. The lowest BCUT2D eigenvalue weighted by molar-refractivity contribution is 0.102. The number of sulfonamides is 1. The number of piperidine rings is 1. The zero-order chi connectivity index (χ0) is 21.6. The molecule has 30 heavy (non-hydrogen) atoms. The van der Waals surface area contributed by atoms with Crippen molar-refractivity contribution in [2.75, 3.05) is 31.6 Å². The van der Waals surface area contributed by atoms with E-state index in [9.17, 15) is 13.2 Å². The lowest BCUT2D eigenvalue weighted by Gasteiger charge is -2.27. The first-order chi connectivity index (χ1) is 14.5. The van der Waals surface area contributed by atoms with Gasteiger partial charge in [-0.2, -0.15) is 4.31 Å². The number of hydrogen-bond acceptors (Lipinski definition) is 5. The molecule has 0 saturated carbocycles. The van der Waals surface area contributed by atoms with E-state index in [1.165, 1.54) is 10.4 Å². The van der Waals surface area contributed by atoms with Gasteiger partial charge >= 0.3 is 0 Å². The highest BCUT2D eigenvalue weighted by molar-refractivity contribution is 7.89. The zero-order valence-corrected chi connectivity index (χ0v) is 18.2. The molecule has 0 aromatic heterocycles. The van der Waals surface area contributed by atoms with Crippen LogP contribution in [-0.4, -0.2) is 44.9 Å². The fraction of sp³-hybridized carbons (Fsp3) is 0.409. The number of carbonyl (C=O) groups excluding carboxylic acids is 1. The lowest BCUT2D eigenvalue weighted by atomic mass is 10.2. The summed E-state index contributed by atoms with van der Waals surface area (Å²) in [4.78, 5) is 12.9. The molecule has 1 saturated heterocycles. The predicted molar refractivity (Wildman–Crippen MR) is 116 cm³/mol. The molecule has 1 N–H and O–H groups in total. The van der Waals surface area contributed by atoms with Gasteiger partial charge in [0.2, 0.25) is 10.0 Å². The van der Waals surface area contributed by atoms with Crippen molar-refractivity contribution in [3.63, 3.8) is 0 Å². The van der Waals surface area contributed by atoms with Gasteiger partial charge in [-0.1, -0.05) is 18.6 Å². The smallest absolute Gasteiger partial charge is 0.259 e. The van der Waals surface area contributed by atoms with Gasteiger partial charge in [-0.15, -0.1) is 0 Å². The fourth-order valence-electron chi connectivity index (χ4n) is 3.44. The molecule has 1 fully saturated rings. The summed E-state index contributed by atoms with van der Waals surface area (Å²) in [5, 5.41) is 2.78. The maximum absolute atomic E-state index is 13.2. The molecule has 0 radical (unpaired) electrons. The monoisotopic (exact) mass is 432 g/mol. The van der Waals surface area contributed by atoms with Crippen LogP contribution >= 0.6 is 0 Å². The van der Waals surface area contributed by atoms with Gasteiger partial charge in [-0.05, 0) is 57.0 Å². The largest absolute Gasteiger partial charge is 0.493 e. The van der Waals surface area contributed by atoms with Gasteiger partial charge in [0.1, 0.15) is 16.4 Å². The van der Waals surface area contributed by atoms with Gasteiger partial charge in [0, 0.05) is 18.8 Å². The summed E-state index contributed by atoms with van der Waals surface area (Å²) in [6.07, 6.45) is 2.71. The molecule has 1 amide bonds. The van der Waals surface area contributed by atoms with Crippen LogP contribution in [0, 0.1) is 0 Å². The summed E-state index contributed by atoms with van der Waals surface area (Å²) in [5.74, 6) is 0.393. The van der Waals surface area contributed by atoms with Crippen LogP contribution in [0.2, 0.25) is 0 Å².